The van der Waals surface area contributed by atoms with Gasteiger partial charge in [-0.3, -0.25) is 9.58 Å². The van der Waals surface area contributed by atoms with Crippen LogP contribution in [-0.2, 0) is 13.6 Å². The Bertz CT molecular complexity index is 321. The molecule has 4 heteroatoms. The van der Waals surface area contributed by atoms with Gasteiger partial charge in [0.25, 0.3) is 0 Å². The lowest BCUT2D eigenvalue weighted by molar-refractivity contribution is 0.310. The van der Waals surface area contributed by atoms with Crippen molar-refractivity contribution in [2.75, 3.05) is 26.2 Å². The number of hydrogen-bond donors (Lipinski definition) is 1. The summed E-state index contributed by atoms with van der Waals surface area (Å²) in [6.07, 6.45) is 3.33. The molecule has 0 radical (unpaired) electrons. The highest BCUT2D eigenvalue weighted by atomic mass is 15.3. The Morgan fingerprint density at radius 3 is 3.12 bits per heavy atom. The molecular weight excluding hydrogens is 200 g/mol. The van der Waals surface area contributed by atoms with E-state index in [0.717, 1.165) is 25.6 Å². The standard InChI is InChI=1S/C12H22N4/c1-3-13-8-11-4-7-16(9-11)10-12-5-6-15(2)14-12/h5-6,11,13H,3-4,7-10H2,1-2H3. The van der Waals surface area contributed by atoms with Gasteiger partial charge in [0.15, 0.2) is 0 Å². The van der Waals surface area contributed by atoms with Crippen LogP contribution in [0.25, 0.3) is 0 Å². The summed E-state index contributed by atoms with van der Waals surface area (Å²) < 4.78 is 1.88. The van der Waals surface area contributed by atoms with Crippen molar-refractivity contribution >= 4 is 0 Å². The lowest BCUT2D eigenvalue weighted by atomic mass is 10.1. The van der Waals surface area contributed by atoms with Gasteiger partial charge in [-0.15, -0.1) is 0 Å². The Hall–Kier alpha value is -0.870. The fourth-order valence-electron chi connectivity index (χ4n) is 2.35. The predicted molar refractivity (Wildman–Crippen MR) is 65.1 cm³/mol. The molecule has 1 N–H and O–H groups in total. The zero-order valence-electron chi connectivity index (χ0n) is 10.3. The molecule has 1 atom stereocenters. The van der Waals surface area contributed by atoms with Crippen LogP contribution >= 0.6 is 0 Å². The highest BCUT2D eigenvalue weighted by Crippen LogP contribution is 2.17. The van der Waals surface area contributed by atoms with E-state index in [0.29, 0.717) is 0 Å². The Morgan fingerprint density at radius 1 is 1.56 bits per heavy atom. The molecule has 0 bridgehead atoms. The van der Waals surface area contributed by atoms with Crippen LogP contribution in [0.15, 0.2) is 12.3 Å². The number of rotatable bonds is 5. The third-order valence-corrected chi connectivity index (χ3v) is 3.21. The highest BCUT2D eigenvalue weighted by Gasteiger charge is 2.22. The molecule has 1 unspecified atom stereocenters. The third-order valence-electron chi connectivity index (χ3n) is 3.21. The molecule has 1 aromatic rings. The van der Waals surface area contributed by atoms with Crippen molar-refractivity contribution in [3.05, 3.63) is 18.0 Å². The second kappa shape index (κ2) is 5.46. The quantitative estimate of drug-likeness (QED) is 0.802. The number of hydrogen-bond acceptors (Lipinski definition) is 3. The maximum Gasteiger partial charge on any atom is 0.0764 e. The molecule has 1 aliphatic rings. The minimum absolute atomic E-state index is 0.823. The molecule has 0 saturated carbocycles. The number of aryl methyl sites for hydroxylation is 1. The smallest absolute Gasteiger partial charge is 0.0764 e. The van der Waals surface area contributed by atoms with Gasteiger partial charge in [-0.25, -0.2) is 0 Å². The first kappa shape index (κ1) is 11.6. The van der Waals surface area contributed by atoms with Gasteiger partial charge in [0.05, 0.1) is 5.69 Å². The topological polar surface area (TPSA) is 33.1 Å². The second-order valence-electron chi connectivity index (χ2n) is 4.68. The Kier molecular flexibility index (Phi) is 3.96. The lowest BCUT2D eigenvalue weighted by Crippen LogP contribution is -2.26. The van der Waals surface area contributed by atoms with Crippen LogP contribution < -0.4 is 5.32 Å². The molecule has 0 spiro atoms. The summed E-state index contributed by atoms with van der Waals surface area (Å²) in [7, 11) is 1.97. The van der Waals surface area contributed by atoms with E-state index in [9.17, 15) is 0 Å². The van der Waals surface area contributed by atoms with Gasteiger partial charge < -0.3 is 5.32 Å². The number of likely N-dealkylation sites (tertiary alicyclic amines) is 1. The number of nitrogens with zero attached hydrogens (tertiary/aromatic N) is 3. The van der Waals surface area contributed by atoms with Crippen LogP contribution in [0, 0.1) is 5.92 Å². The van der Waals surface area contributed by atoms with Gasteiger partial charge in [-0.1, -0.05) is 6.92 Å². The van der Waals surface area contributed by atoms with E-state index in [1.165, 1.54) is 25.2 Å². The summed E-state index contributed by atoms with van der Waals surface area (Å²) in [6.45, 7) is 7.84. The molecule has 4 nitrogen and oxygen atoms in total. The Balaban J connectivity index is 1.76. The van der Waals surface area contributed by atoms with E-state index in [-0.39, 0.29) is 0 Å². The molecule has 0 aliphatic carbocycles. The number of nitrogens with one attached hydrogen (secondary N) is 1. The molecule has 2 heterocycles. The largest absolute Gasteiger partial charge is 0.317 e. The van der Waals surface area contributed by atoms with Crippen LogP contribution in [-0.4, -0.2) is 40.9 Å². The van der Waals surface area contributed by atoms with Gasteiger partial charge in [0.2, 0.25) is 0 Å². The minimum Gasteiger partial charge on any atom is -0.317 e. The maximum absolute atomic E-state index is 4.42. The monoisotopic (exact) mass is 222 g/mol. The molecular formula is C12H22N4. The van der Waals surface area contributed by atoms with E-state index in [1.54, 1.807) is 0 Å². The molecule has 0 aromatic carbocycles. The molecule has 1 saturated heterocycles. The summed E-state index contributed by atoms with van der Waals surface area (Å²) in [5, 5.41) is 7.85. The first-order chi connectivity index (χ1) is 7.78. The van der Waals surface area contributed by atoms with Crippen LogP contribution in [0.5, 0.6) is 0 Å². The first-order valence-corrected chi connectivity index (χ1v) is 6.19. The summed E-state index contributed by atoms with van der Waals surface area (Å²) in [5.74, 6) is 0.823. The lowest BCUT2D eigenvalue weighted by Gasteiger charge is -2.14. The van der Waals surface area contributed by atoms with Crippen molar-refractivity contribution in [2.45, 2.75) is 19.9 Å². The maximum atomic E-state index is 4.42. The number of aromatic nitrogens is 2. The Labute approximate surface area is 97.6 Å². The van der Waals surface area contributed by atoms with E-state index >= 15 is 0 Å². The van der Waals surface area contributed by atoms with Crippen LogP contribution in [0.1, 0.15) is 19.0 Å². The molecule has 90 valence electrons. The van der Waals surface area contributed by atoms with Crippen molar-refractivity contribution in [1.82, 2.24) is 20.0 Å². The summed E-state index contributed by atoms with van der Waals surface area (Å²) in [5.41, 5.74) is 1.19. The summed E-state index contributed by atoms with van der Waals surface area (Å²) >= 11 is 0. The summed E-state index contributed by atoms with van der Waals surface area (Å²) in [6, 6.07) is 2.11. The zero-order chi connectivity index (χ0) is 11.4. The normalized spacial score (nSPS) is 21.8. The average molecular weight is 222 g/mol. The van der Waals surface area contributed by atoms with Crippen LogP contribution in [0.4, 0.5) is 0 Å². The van der Waals surface area contributed by atoms with Gasteiger partial charge in [0, 0.05) is 26.3 Å². The van der Waals surface area contributed by atoms with Gasteiger partial charge >= 0.3 is 0 Å². The van der Waals surface area contributed by atoms with Crippen LogP contribution in [0.3, 0.4) is 0 Å². The second-order valence-corrected chi connectivity index (χ2v) is 4.68. The average Bonchev–Trinajstić information content (AvgIpc) is 2.86. The first-order valence-electron chi connectivity index (χ1n) is 6.19. The van der Waals surface area contributed by atoms with Crippen molar-refractivity contribution in [2.24, 2.45) is 13.0 Å². The molecule has 1 aliphatic heterocycles. The summed E-state index contributed by atoms with van der Waals surface area (Å²) in [4.78, 5) is 2.50. The van der Waals surface area contributed by atoms with Crippen molar-refractivity contribution in [3.8, 4) is 0 Å². The van der Waals surface area contributed by atoms with E-state index in [1.807, 2.05) is 17.9 Å². The SMILES string of the molecule is CCNCC1CCN(Cc2ccn(C)n2)C1. The van der Waals surface area contributed by atoms with E-state index in [2.05, 4.69) is 28.3 Å². The van der Waals surface area contributed by atoms with Crippen molar-refractivity contribution < 1.29 is 0 Å². The molecule has 0 amide bonds. The van der Waals surface area contributed by atoms with Gasteiger partial charge in [0.1, 0.15) is 0 Å². The van der Waals surface area contributed by atoms with Crippen molar-refractivity contribution in [1.29, 1.82) is 0 Å². The minimum atomic E-state index is 0.823. The molecule has 16 heavy (non-hydrogen) atoms. The predicted octanol–water partition coefficient (Wildman–Crippen LogP) is 0.851. The van der Waals surface area contributed by atoms with E-state index in [4.69, 9.17) is 0 Å². The Morgan fingerprint density at radius 2 is 2.44 bits per heavy atom. The zero-order valence-corrected chi connectivity index (χ0v) is 10.3. The highest BCUT2D eigenvalue weighted by molar-refractivity contribution is 4.99. The third kappa shape index (κ3) is 3.06. The van der Waals surface area contributed by atoms with E-state index < -0.39 is 0 Å². The van der Waals surface area contributed by atoms with Crippen LogP contribution in [0.2, 0.25) is 0 Å². The molecule has 2 rings (SSSR count). The molecule has 1 aromatic heterocycles. The van der Waals surface area contributed by atoms with Gasteiger partial charge in [-0.05, 0) is 38.0 Å². The van der Waals surface area contributed by atoms with Crippen molar-refractivity contribution in [3.63, 3.8) is 0 Å². The van der Waals surface area contributed by atoms with Gasteiger partial charge in [-0.2, -0.15) is 5.10 Å². The molecule has 1 fully saturated rings. The fourth-order valence-corrected chi connectivity index (χ4v) is 2.35. The fraction of sp³-hybridized carbons (Fsp3) is 0.750.